The first-order valence-electron chi connectivity index (χ1n) is 4.09. The Bertz CT molecular complexity index is 120. The SMILES string of the molecule is CC(C)CCCC(O)C(F)(F)F. The first-order chi connectivity index (χ1) is 5.34. The van der Waals surface area contributed by atoms with Crippen molar-refractivity contribution in [1.82, 2.24) is 0 Å². The van der Waals surface area contributed by atoms with Crippen LogP contribution in [0.5, 0.6) is 0 Å². The van der Waals surface area contributed by atoms with Crippen molar-refractivity contribution in [2.45, 2.75) is 45.4 Å². The van der Waals surface area contributed by atoms with Crippen LogP contribution in [0.4, 0.5) is 13.2 Å². The Morgan fingerprint density at radius 2 is 1.67 bits per heavy atom. The molecule has 1 N–H and O–H groups in total. The molecule has 0 aliphatic rings. The highest BCUT2D eigenvalue weighted by Gasteiger charge is 2.37. The van der Waals surface area contributed by atoms with Crippen molar-refractivity contribution in [2.75, 3.05) is 0 Å². The Balaban J connectivity index is 3.51. The van der Waals surface area contributed by atoms with Gasteiger partial charge in [-0.2, -0.15) is 13.2 Å². The Morgan fingerprint density at radius 1 is 1.17 bits per heavy atom. The third-order valence-corrected chi connectivity index (χ3v) is 1.64. The van der Waals surface area contributed by atoms with E-state index in [2.05, 4.69) is 0 Å². The average Bonchev–Trinajstić information content (AvgIpc) is 1.84. The first-order valence-corrected chi connectivity index (χ1v) is 4.09. The molecule has 0 heterocycles. The van der Waals surface area contributed by atoms with E-state index in [0.717, 1.165) is 6.42 Å². The summed E-state index contributed by atoms with van der Waals surface area (Å²) in [5.41, 5.74) is 0. The van der Waals surface area contributed by atoms with Gasteiger partial charge in [-0.3, -0.25) is 0 Å². The molecule has 0 amide bonds. The maximum atomic E-state index is 11.7. The number of aliphatic hydroxyl groups excluding tert-OH is 1. The Kier molecular flexibility index (Phi) is 4.60. The zero-order valence-corrected chi connectivity index (χ0v) is 7.36. The van der Waals surface area contributed by atoms with Crippen molar-refractivity contribution in [3.63, 3.8) is 0 Å². The van der Waals surface area contributed by atoms with Crippen molar-refractivity contribution in [1.29, 1.82) is 0 Å². The van der Waals surface area contributed by atoms with Crippen LogP contribution in [-0.4, -0.2) is 17.4 Å². The van der Waals surface area contributed by atoms with Crippen molar-refractivity contribution >= 4 is 0 Å². The molecule has 0 aromatic rings. The zero-order valence-electron chi connectivity index (χ0n) is 7.36. The van der Waals surface area contributed by atoms with E-state index in [0.29, 0.717) is 12.3 Å². The number of alkyl halides is 3. The number of rotatable bonds is 4. The second-order valence-corrected chi connectivity index (χ2v) is 3.38. The van der Waals surface area contributed by atoms with E-state index in [1.165, 1.54) is 0 Å². The fourth-order valence-electron chi connectivity index (χ4n) is 0.883. The molecular formula is C8H15F3O. The van der Waals surface area contributed by atoms with Gasteiger partial charge in [0, 0.05) is 0 Å². The Labute approximate surface area is 70.6 Å². The summed E-state index contributed by atoms with van der Waals surface area (Å²) in [6, 6.07) is 0. The minimum atomic E-state index is -4.45. The minimum absolute atomic E-state index is 0.179. The lowest BCUT2D eigenvalue weighted by atomic mass is 10.0. The number of hydrogen-bond donors (Lipinski definition) is 1. The van der Waals surface area contributed by atoms with Gasteiger partial charge in [0.25, 0.3) is 0 Å². The molecule has 0 aliphatic carbocycles. The fourth-order valence-corrected chi connectivity index (χ4v) is 0.883. The number of halogens is 3. The van der Waals surface area contributed by atoms with Crippen molar-refractivity contribution in [3.05, 3.63) is 0 Å². The van der Waals surface area contributed by atoms with Crippen molar-refractivity contribution in [2.24, 2.45) is 5.92 Å². The normalized spacial score (nSPS) is 15.2. The van der Waals surface area contributed by atoms with Gasteiger partial charge >= 0.3 is 6.18 Å². The maximum absolute atomic E-state index is 11.7. The van der Waals surface area contributed by atoms with Crippen LogP contribution in [0.25, 0.3) is 0 Å². The van der Waals surface area contributed by atoms with E-state index in [9.17, 15) is 13.2 Å². The van der Waals surface area contributed by atoms with Gasteiger partial charge in [0.2, 0.25) is 0 Å². The van der Waals surface area contributed by atoms with Crippen molar-refractivity contribution in [3.8, 4) is 0 Å². The summed E-state index contributed by atoms with van der Waals surface area (Å²) in [5, 5.41) is 8.57. The molecule has 0 bridgehead atoms. The van der Waals surface area contributed by atoms with Gasteiger partial charge in [0.15, 0.2) is 0 Å². The molecule has 1 unspecified atom stereocenters. The highest BCUT2D eigenvalue weighted by molar-refractivity contribution is 4.65. The maximum Gasteiger partial charge on any atom is 0.414 e. The number of aliphatic hydroxyl groups is 1. The molecule has 0 fully saturated rings. The molecule has 0 radical (unpaired) electrons. The molecule has 0 aliphatic heterocycles. The monoisotopic (exact) mass is 184 g/mol. The first kappa shape index (κ1) is 11.8. The van der Waals surface area contributed by atoms with Crippen LogP contribution >= 0.6 is 0 Å². The molecule has 0 rings (SSSR count). The molecular weight excluding hydrogens is 169 g/mol. The Morgan fingerprint density at radius 3 is 2.00 bits per heavy atom. The predicted molar refractivity (Wildman–Crippen MR) is 40.8 cm³/mol. The van der Waals surface area contributed by atoms with Crippen LogP contribution in [0.1, 0.15) is 33.1 Å². The van der Waals surface area contributed by atoms with Crippen LogP contribution < -0.4 is 0 Å². The van der Waals surface area contributed by atoms with Crippen LogP contribution in [0, 0.1) is 5.92 Å². The molecule has 1 atom stereocenters. The minimum Gasteiger partial charge on any atom is -0.384 e. The van der Waals surface area contributed by atoms with Gasteiger partial charge in [-0.25, -0.2) is 0 Å². The molecule has 0 saturated heterocycles. The highest BCUT2D eigenvalue weighted by atomic mass is 19.4. The van der Waals surface area contributed by atoms with E-state index < -0.39 is 12.3 Å². The standard InChI is InChI=1S/C8H15F3O/c1-6(2)4-3-5-7(12)8(9,10)11/h6-7,12H,3-5H2,1-2H3. The molecule has 0 aromatic carbocycles. The second kappa shape index (κ2) is 4.70. The third kappa shape index (κ3) is 5.41. The van der Waals surface area contributed by atoms with E-state index in [1.54, 1.807) is 0 Å². The Hall–Kier alpha value is -0.250. The van der Waals surface area contributed by atoms with Gasteiger partial charge in [-0.1, -0.05) is 26.7 Å². The molecule has 0 saturated carbocycles. The van der Waals surface area contributed by atoms with Gasteiger partial charge in [0.1, 0.15) is 6.10 Å². The van der Waals surface area contributed by atoms with Gasteiger partial charge in [-0.15, -0.1) is 0 Å². The summed E-state index contributed by atoms with van der Waals surface area (Å²) < 4.78 is 35.2. The highest BCUT2D eigenvalue weighted by Crippen LogP contribution is 2.24. The quantitative estimate of drug-likeness (QED) is 0.712. The predicted octanol–water partition coefficient (Wildman–Crippen LogP) is 2.74. The summed E-state index contributed by atoms with van der Waals surface area (Å²) in [7, 11) is 0. The molecule has 0 spiro atoms. The van der Waals surface area contributed by atoms with Gasteiger partial charge in [0.05, 0.1) is 0 Å². The number of hydrogen-bond acceptors (Lipinski definition) is 1. The summed E-state index contributed by atoms with van der Waals surface area (Å²) in [4.78, 5) is 0. The summed E-state index contributed by atoms with van der Waals surface area (Å²) >= 11 is 0. The third-order valence-electron chi connectivity index (χ3n) is 1.64. The van der Waals surface area contributed by atoms with Gasteiger partial charge < -0.3 is 5.11 Å². The molecule has 12 heavy (non-hydrogen) atoms. The zero-order chi connectivity index (χ0) is 9.78. The van der Waals surface area contributed by atoms with E-state index in [-0.39, 0.29) is 6.42 Å². The van der Waals surface area contributed by atoms with E-state index in [4.69, 9.17) is 5.11 Å². The topological polar surface area (TPSA) is 20.2 Å². The lowest BCUT2D eigenvalue weighted by Gasteiger charge is -2.14. The fraction of sp³-hybridized carbons (Fsp3) is 1.00. The average molecular weight is 184 g/mol. The van der Waals surface area contributed by atoms with E-state index >= 15 is 0 Å². The lowest BCUT2D eigenvalue weighted by molar-refractivity contribution is -0.205. The summed E-state index contributed by atoms with van der Waals surface area (Å²) in [6.07, 6.45) is -5.61. The largest absolute Gasteiger partial charge is 0.414 e. The lowest BCUT2D eigenvalue weighted by Crippen LogP contribution is -2.28. The molecule has 4 heteroatoms. The van der Waals surface area contributed by atoms with Gasteiger partial charge in [-0.05, 0) is 12.3 Å². The van der Waals surface area contributed by atoms with Crippen LogP contribution in [0.3, 0.4) is 0 Å². The van der Waals surface area contributed by atoms with E-state index in [1.807, 2.05) is 13.8 Å². The smallest absolute Gasteiger partial charge is 0.384 e. The van der Waals surface area contributed by atoms with Crippen LogP contribution in [0.2, 0.25) is 0 Å². The van der Waals surface area contributed by atoms with Crippen LogP contribution in [0.15, 0.2) is 0 Å². The molecule has 0 aromatic heterocycles. The molecule has 1 nitrogen and oxygen atoms in total. The summed E-state index contributed by atoms with van der Waals surface area (Å²) in [5.74, 6) is 0.394. The molecule has 74 valence electrons. The summed E-state index contributed by atoms with van der Waals surface area (Å²) in [6.45, 7) is 3.89. The van der Waals surface area contributed by atoms with Crippen LogP contribution in [-0.2, 0) is 0 Å². The second-order valence-electron chi connectivity index (χ2n) is 3.38. The van der Waals surface area contributed by atoms with Crippen molar-refractivity contribution < 1.29 is 18.3 Å².